The highest BCUT2D eigenvalue weighted by atomic mass is 35.5. The average molecular weight is 331 g/mol. The van der Waals surface area contributed by atoms with Gasteiger partial charge in [-0.15, -0.1) is 12.4 Å². The summed E-state index contributed by atoms with van der Waals surface area (Å²) in [7, 11) is 0. The van der Waals surface area contributed by atoms with Crippen LogP contribution in [0.25, 0.3) is 10.9 Å². The van der Waals surface area contributed by atoms with E-state index in [0.717, 1.165) is 39.5 Å². The normalized spacial score (nSPS) is 12.6. The van der Waals surface area contributed by atoms with E-state index in [4.69, 9.17) is 9.47 Å². The first-order valence-electron chi connectivity index (χ1n) is 7.33. The third-order valence-corrected chi connectivity index (χ3v) is 3.67. The molecule has 0 aliphatic carbocycles. The molecule has 2 aromatic carbocycles. The second-order valence-corrected chi connectivity index (χ2v) is 5.31. The number of fused-ring (bicyclic) bond motifs is 2. The minimum absolute atomic E-state index is 0. The second-order valence-electron chi connectivity index (χ2n) is 5.31. The lowest BCUT2D eigenvalue weighted by atomic mass is 10.1. The lowest BCUT2D eigenvalue weighted by molar-refractivity contribution is 0.171. The Morgan fingerprint density at radius 1 is 1.00 bits per heavy atom. The second kappa shape index (κ2) is 6.34. The van der Waals surface area contributed by atoms with E-state index in [1.807, 2.05) is 43.3 Å². The molecule has 1 aliphatic heterocycles. The number of ether oxygens (including phenoxy) is 2. The van der Waals surface area contributed by atoms with Gasteiger partial charge in [-0.3, -0.25) is 4.98 Å². The highest BCUT2D eigenvalue weighted by Gasteiger charge is 2.12. The van der Waals surface area contributed by atoms with Crippen molar-refractivity contribution in [2.45, 2.75) is 6.92 Å². The topological polar surface area (TPSA) is 43.4 Å². The molecule has 0 amide bonds. The summed E-state index contributed by atoms with van der Waals surface area (Å²) >= 11 is 0. The summed E-state index contributed by atoms with van der Waals surface area (Å²) in [6, 6.07) is 16.1. The van der Waals surface area contributed by atoms with Gasteiger partial charge in [-0.05, 0) is 31.2 Å². The first-order valence-corrected chi connectivity index (χ1v) is 7.33. The van der Waals surface area contributed by atoms with Crippen molar-refractivity contribution in [1.82, 2.24) is 4.98 Å². The van der Waals surface area contributed by atoms with Gasteiger partial charge in [0, 0.05) is 29.9 Å². The molecular weight excluding hydrogens is 312 g/mol. The van der Waals surface area contributed by atoms with E-state index in [2.05, 4.69) is 22.4 Å². The molecule has 4 nitrogen and oxygen atoms in total. The molecule has 0 saturated carbocycles. The number of aromatic nitrogens is 1. The third kappa shape index (κ3) is 3.03. The molecule has 5 heteroatoms. The van der Waals surface area contributed by atoms with Crippen LogP contribution in [0.1, 0.15) is 7.12 Å². The van der Waals surface area contributed by atoms with Crippen molar-refractivity contribution in [2.75, 3.05) is 18.5 Å². The predicted octanol–water partition coefficient (Wildman–Crippen LogP) is 4.73. The molecule has 0 saturated heterocycles. The number of nitrogens with one attached hydrogen (secondary N) is 1. The monoisotopic (exact) mass is 330 g/mol. The first-order chi connectivity index (χ1) is 10.8. The van der Waals surface area contributed by atoms with Crippen molar-refractivity contribution in [2.24, 2.45) is 0 Å². The van der Waals surface area contributed by atoms with Crippen molar-refractivity contribution in [3.05, 3.63) is 54.2 Å². The molecular formula is C18H19ClN2O2. The van der Waals surface area contributed by atoms with Crippen LogP contribution in [0, 0.1) is 6.92 Å². The fourth-order valence-corrected chi connectivity index (χ4v) is 2.69. The van der Waals surface area contributed by atoms with Gasteiger partial charge in [0.2, 0.25) is 0 Å². The Kier molecular flexibility index (Phi) is 4.26. The highest BCUT2D eigenvalue weighted by molar-refractivity contribution is 5.93. The molecule has 1 N–H and O–H groups in total. The zero-order valence-corrected chi connectivity index (χ0v) is 13.5. The Morgan fingerprint density at radius 2 is 1.78 bits per heavy atom. The van der Waals surface area contributed by atoms with Gasteiger partial charge in [0.15, 0.2) is 11.5 Å². The molecule has 120 valence electrons. The summed E-state index contributed by atoms with van der Waals surface area (Å²) in [5, 5.41) is 4.56. The summed E-state index contributed by atoms with van der Waals surface area (Å²) in [4.78, 5) is 4.56. The van der Waals surface area contributed by atoms with E-state index in [1.54, 1.807) is 0 Å². The van der Waals surface area contributed by atoms with Crippen LogP contribution in [-0.4, -0.2) is 18.2 Å². The standard InChI is InChI=1S/C18H16N2O2.ClH.H2/c1-12-10-16(14-4-2-3-5-15(14)19-12)20-13-6-7-17-18(11-13)22-9-8-21-17;;/h2-7,10-11H,8-9H2,1H3,(H,19,20);2*1H. The average Bonchev–Trinajstić information content (AvgIpc) is 2.54. The lowest BCUT2D eigenvalue weighted by Gasteiger charge is -2.19. The van der Waals surface area contributed by atoms with Gasteiger partial charge < -0.3 is 14.8 Å². The van der Waals surface area contributed by atoms with E-state index < -0.39 is 0 Å². The van der Waals surface area contributed by atoms with Gasteiger partial charge in [0.1, 0.15) is 13.2 Å². The summed E-state index contributed by atoms with van der Waals surface area (Å²) in [6.45, 7) is 3.20. The first kappa shape index (κ1) is 15.4. The van der Waals surface area contributed by atoms with Crippen molar-refractivity contribution in [3.63, 3.8) is 0 Å². The molecule has 0 spiro atoms. The van der Waals surface area contributed by atoms with Gasteiger partial charge >= 0.3 is 0 Å². The van der Waals surface area contributed by atoms with Crippen LogP contribution in [0.4, 0.5) is 11.4 Å². The molecule has 0 bridgehead atoms. The van der Waals surface area contributed by atoms with E-state index in [0.29, 0.717) is 13.2 Å². The van der Waals surface area contributed by atoms with Crippen LogP contribution in [0.5, 0.6) is 11.5 Å². The van der Waals surface area contributed by atoms with Crippen molar-refractivity contribution in [1.29, 1.82) is 0 Å². The molecule has 1 aliphatic rings. The number of hydrogen-bond acceptors (Lipinski definition) is 4. The molecule has 0 unspecified atom stereocenters. The quantitative estimate of drug-likeness (QED) is 0.738. The van der Waals surface area contributed by atoms with Crippen molar-refractivity contribution < 1.29 is 10.9 Å². The van der Waals surface area contributed by atoms with Gasteiger partial charge in [-0.25, -0.2) is 0 Å². The number of rotatable bonds is 2. The van der Waals surface area contributed by atoms with Gasteiger partial charge in [0.05, 0.1) is 5.52 Å². The fourth-order valence-electron chi connectivity index (χ4n) is 2.69. The number of hydrogen-bond donors (Lipinski definition) is 1. The van der Waals surface area contributed by atoms with E-state index in [1.165, 1.54) is 0 Å². The number of pyridine rings is 1. The zero-order valence-electron chi connectivity index (χ0n) is 12.7. The number of para-hydroxylation sites is 1. The number of benzene rings is 2. The minimum atomic E-state index is 0. The summed E-state index contributed by atoms with van der Waals surface area (Å²) < 4.78 is 11.2. The van der Waals surface area contributed by atoms with Crippen LogP contribution in [0.3, 0.4) is 0 Å². The molecule has 2 heterocycles. The zero-order chi connectivity index (χ0) is 14.9. The van der Waals surface area contributed by atoms with E-state index in [9.17, 15) is 0 Å². The highest BCUT2D eigenvalue weighted by Crippen LogP contribution is 2.34. The predicted molar refractivity (Wildman–Crippen MR) is 96.6 cm³/mol. The molecule has 0 fully saturated rings. The number of aryl methyl sites for hydroxylation is 1. The molecule has 3 aromatic rings. The Morgan fingerprint density at radius 3 is 2.65 bits per heavy atom. The number of nitrogens with zero attached hydrogens (tertiary/aromatic N) is 1. The SMILES string of the molecule is Cc1cc(Nc2ccc3c(c2)OCCO3)c2ccccc2n1.Cl.[HH]. The Balaban J connectivity index is 0.00000104. The number of anilines is 2. The van der Waals surface area contributed by atoms with Crippen LogP contribution in [0.2, 0.25) is 0 Å². The smallest absolute Gasteiger partial charge is 0.163 e. The molecule has 23 heavy (non-hydrogen) atoms. The Hall–Kier alpha value is -2.46. The lowest BCUT2D eigenvalue weighted by Crippen LogP contribution is -2.15. The van der Waals surface area contributed by atoms with Crippen molar-refractivity contribution >= 4 is 34.7 Å². The van der Waals surface area contributed by atoms with Crippen LogP contribution < -0.4 is 14.8 Å². The third-order valence-electron chi connectivity index (χ3n) is 3.67. The van der Waals surface area contributed by atoms with Gasteiger partial charge in [0.25, 0.3) is 0 Å². The summed E-state index contributed by atoms with van der Waals surface area (Å²) in [5.74, 6) is 1.58. The van der Waals surface area contributed by atoms with E-state index in [-0.39, 0.29) is 13.8 Å². The maximum atomic E-state index is 5.64. The van der Waals surface area contributed by atoms with Crippen LogP contribution in [-0.2, 0) is 0 Å². The number of halogens is 1. The fraction of sp³-hybridized carbons (Fsp3) is 0.167. The van der Waals surface area contributed by atoms with Gasteiger partial charge in [-0.2, -0.15) is 0 Å². The maximum absolute atomic E-state index is 5.64. The van der Waals surface area contributed by atoms with Crippen LogP contribution >= 0.6 is 12.4 Å². The molecule has 1 aromatic heterocycles. The van der Waals surface area contributed by atoms with Crippen LogP contribution in [0.15, 0.2) is 48.5 Å². The van der Waals surface area contributed by atoms with E-state index >= 15 is 0 Å². The Bertz CT molecular complexity index is 858. The van der Waals surface area contributed by atoms with Crippen molar-refractivity contribution in [3.8, 4) is 11.5 Å². The maximum Gasteiger partial charge on any atom is 0.163 e. The molecule has 4 rings (SSSR count). The summed E-state index contributed by atoms with van der Waals surface area (Å²) in [6.07, 6.45) is 0. The summed E-state index contributed by atoms with van der Waals surface area (Å²) in [5.41, 5.74) is 3.99. The molecule has 0 atom stereocenters. The van der Waals surface area contributed by atoms with Gasteiger partial charge in [-0.1, -0.05) is 18.2 Å². The Labute approximate surface area is 142 Å². The molecule has 0 radical (unpaired) electrons. The largest absolute Gasteiger partial charge is 0.486 e. The minimum Gasteiger partial charge on any atom is -0.486 e.